The molecule has 1 aliphatic rings. The van der Waals surface area contributed by atoms with Crippen LogP contribution >= 0.6 is 0 Å². The summed E-state index contributed by atoms with van der Waals surface area (Å²) in [6.45, 7) is 3.53. The number of nitrogens with zero attached hydrogens (tertiary/aromatic N) is 1. The van der Waals surface area contributed by atoms with E-state index in [1.54, 1.807) is 6.92 Å². The van der Waals surface area contributed by atoms with Crippen LogP contribution in [0.2, 0.25) is 0 Å². The Labute approximate surface area is 178 Å². The van der Waals surface area contributed by atoms with E-state index >= 15 is 0 Å². The van der Waals surface area contributed by atoms with Crippen LogP contribution in [0.15, 0.2) is 42.5 Å². The second-order valence-corrected chi connectivity index (χ2v) is 9.78. The van der Waals surface area contributed by atoms with Gasteiger partial charge < -0.3 is 5.32 Å². The van der Waals surface area contributed by atoms with E-state index in [-0.39, 0.29) is 11.7 Å². The number of carbonyl (C=O) groups is 1. The Hall–Kier alpha value is -2.41. The van der Waals surface area contributed by atoms with Crippen molar-refractivity contribution in [2.75, 3.05) is 10.6 Å². The van der Waals surface area contributed by atoms with Gasteiger partial charge in [0.2, 0.25) is 15.9 Å². The molecule has 30 heavy (non-hydrogen) atoms. The summed E-state index contributed by atoms with van der Waals surface area (Å²) in [4.78, 5) is 13.0. The molecular formula is C23H29FN2O3S. The topological polar surface area (TPSA) is 66.5 Å². The molecule has 0 fully saturated rings. The molecule has 0 saturated carbocycles. The van der Waals surface area contributed by atoms with Gasteiger partial charge in [0.15, 0.2) is 0 Å². The molecule has 3 rings (SSSR count). The summed E-state index contributed by atoms with van der Waals surface area (Å²) in [5, 5.41) is 3.00. The number of amides is 1. The molecule has 7 heteroatoms. The molecular weight excluding hydrogens is 403 g/mol. The Balaban J connectivity index is 1.82. The number of aryl methyl sites for hydroxylation is 2. The fourth-order valence-electron chi connectivity index (χ4n) is 4.08. The number of benzene rings is 2. The molecule has 1 amide bonds. The summed E-state index contributed by atoms with van der Waals surface area (Å²) >= 11 is 0. The van der Waals surface area contributed by atoms with Crippen LogP contribution in [-0.4, -0.2) is 26.6 Å². The highest BCUT2D eigenvalue weighted by Gasteiger charge is 2.30. The van der Waals surface area contributed by atoms with Crippen LogP contribution in [-0.2, 0) is 27.7 Å². The Morgan fingerprint density at radius 2 is 1.73 bits per heavy atom. The van der Waals surface area contributed by atoms with Crippen molar-refractivity contribution < 1.29 is 17.6 Å². The smallest absolute Gasteiger partial charge is 0.244 e. The van der Waals surface area contributed by atoms with E-state index in [0.29, 0.717) is 6.42 Å². The lowest BCUT2D eigenvalue weighted by Gasteiger charge is -2.30. The summed E-state index contributed by atoms with van der Waals surface area (Å²) in [5.74, 6) is -0.864. The molecule has 0 saturated heterocycles. The van der Waals surface area contributed by atoms with Gasteiger partial charge in [0.1, 0.15) is 11.9 Å². The van der Waals surface area contributed by atoms with Gasteiger partial charge in [-0.05, 0) is 80.0 Å². The molecule has 0 unspecified atom stereocenters. The molecule has 162 valence electrons. The van der Waals surface area contributed by atoms with Crippen molar-refractivity contribution in [3.8, 4) is 0 Å². The number of carbonyl (C=O) groups excluding carboxylic acids is 1. The Morgan fingerprint density at radius 3 is 2.33 bits per heavy atom. The third kappa shape index (κ3) is 5.01. The summed E-state index contributed by atoms with van der Waals surface area (Å²) in [6, 6.07) is 10.3. The number of hydrogen-bond donors (Lipinski definition) is 1. The largest absolute Gasteiger partial charge is 0.347 e. The second-order valence-electron chi connectivity index (χ2n) is 7.92. The first-order valence-electron chi connectivity index (χ1n) is 10.4. The van der Waals surface area contributed by atoms with Crippen LogP contribution < -0.4 is 9.62 Å². The molecule has 0 spiro atoms. The fourth-order valence-corrected chi connectivity index (χ4v) is 5.26. The molecule has 0 heterocycles. The highest BCUT2D eigenvalue weighted by molar-refractivity contribution is 7.92. The van der Waals surface area contributed by atoms with Gasteiger partial charge in [-0.3, -0.25) is 9.10 Å². The molecule has 2 aromatic rings. The third-order valence-corrected chi connectivity index (χ3v) is 6.91. The van der Waals surface area contributed by atoms with Gasteiger partial charge in [0, 0.05) is 0 Å². The number of sulfonamides is 1. The average molecular weight is 433 g/mol. The highest BCUT2D eigenvalue weighted by Crippen LogP contribution is 2.27. The molecule has 0 aliphatic heterocycles. The Bertz CT molecular complexity index is 1010. The Morgan fingerprint density at radius 1 is 1.10 bits per heavy atom. The third-order valence-electron chi connectivity index (χ3n) is 5.67. The number of hydrogen-bond acceptors (Lipinski definition) is 3. The van der Waals surface area contributed by atoms with Gasteiger partial charge in [-0.15, -0.1) is 0 Å². The number of rotatable bonds is 7. The predicted octanol–water partition coefficient (Wildman–Crippen LogP) is 4.13. The zero-order chi connectivity index (χ0) is 21.9. The quantitative estimate of drug-likeness (QED) is 0.716. The first-order valence-corrected chi connectivity index (χ1v) is 12.2. The van der Waals surface area contributed by atoms with Gasteiger partial charge >= 0.3 is 0 Å². The number of fused-ring (bicyclic) bond motifs is 1. The highest BCUT2D eigenvalue weighted by atomic mass is 32.2. The molecule has 1 N–H and O–H groups in total. The zero-order valence-electron chi connectivity index (χ0n) is 17.7. The van der Waals surface area contributed by atoms with Crippen LogP contribution in [0, 0.1) is 5.82 Å². The normalized spacial score (nSPS) is 15.7. The summed E-state index contributed by atoms with van der Waals surface area (Å²) in [5.41, 5.74) is 4.00. The van der Waals surface area contributed by atoms with Gasteiger partial charge in [-0.1, -0.05) is 25.1 Å². The zero-order valence-corrected chi connectivity index (χ0v) is 18.5. The van der Waals surface area contributed by atoms with Gasteiger partial charge in [0.05, 0.1) is 18.0 Å². The van der Waals surface area contributed by atoms with E-state index in [1.165, 1.54) is 48.2 Å². The fraction of sp³-hybridized carbons (Fsp3) is 0.435. The van der Waals surface area contributed by atoms with Gasteiger partial charge in [-0.25, -0.2) is 12.8 Å². The standard InChI is InChI=1S/C23H29FN2O3S/c1-4-22(19-10-9-17-7-5-6-8-18(17)15-19)25-23(27)16(2)26(30(3,28)29)21-13-11-20(24)12-14-21/h9-16,22H,4-8H2,1-3H3,(H,25,27)/t16-,22-/m1/s1. The average Bonchev–Trinajstić information content (AvgIpc) is 2.72. The Kier molecular flexibility index (Phi) is 6.81. The summed E-state index contributed by atoms with van der Waals surface area (Å²) in [6.07, 6.45) is 6.26. The molecule has 0 bridgehead atoms. The SMILES string of the molecule is CC[C@@H](NC(=O)[C@@H](C)N(c1ccc(F)cc1)S(C)(=O)=O)c1ccc2c(c1)CCCC2. The van der Waals surface area contributed by atoms with Crippen LogP contribution in [0.4, 0.5) is 10.1 Å². The van der Waals surface area contributed by atoms with Crippen molar-refractivity contribution >= 4 is 21.6 Å². The number of anilines is 1. The van der Waals surface area contributed by atoms with E-state index in [9.17, 15) is 17.6 Å². The maximum atomic E-state index is 13.3. The van der Waals surface area contributed by atoms with Crippen molar-refractivity contribution in [2.24, 2.45) is 0 Å². The summed E-state index contributed by atoms with van der Waals surface area (Å²) in [7, 11) is -3.74. The lowest BCUT2D eigenvalue weighted by Crippen LogP contribution is -2.48. The van der Waals surface area contributed by atoms with E-state index in [1.807, 2.05) is 6.92 Å². The lowest BCUT2D eigenvalue weighted by atomic mass is 9.88. The van der Waals surface area contributed by atoms with E-state index in [2.05, 4.69) is 23.5 Å². The molecule has 5 nitrogen and oxygen atoms in total. The maximum Gasteiger partial charge on any atom is 0.244 e. The van der Waals surface area contributed by atoms with E-state index in [0.717, 1.165) is 29.0 Å². The van der Waals surface area contributed by atoms with Crippen LogP contribution in [0.1, 0.15) is 55.8 Å². The van der Waals surface area contributed by atoms with Crippen molar-refractivity contribution in [3.63, 3.8) is 0 Å². The van der Waals surface area contributed by atoms with E-state index in [4.69, 9.17) is 0 Å². The monoisotopic (exact) mass is 432 g/mol. The molecule has 0 radical (unpaired) electrons. The molecule has 2 atom stereocenters. The van der Waals surface area contributed by atoms with Gasteiger partial charge in [-0.2, -0.15) is 0 Å². The molecule has 2 aromatic carbocycles. The minimum Gasteiger partial charge on any atom is -0.347 e. The predicted molar refractivity (Wildman–Crippen MR) is 117 cm³/mol. The van der Waals surface area contributed by atoms with Crippen LogP contribution in [0.25, 0.3) is 0 Å². The van der Waals surface area contributed by atoms with Crippen molar-refractivity contribution in [1.82, 2.24) is 5.32 Å². The van der Waals surface area contributed by atoms with Crippen molar-refractivity contribution in [1.29, 1.82) is 0 Å². The maximum absolute atomic E-state index is 13.3. The van der Waals surface area contributed by atoms with E-state index < -0.39 is 27.8 Å². The number of halogens is 1. The molecule has 0 aromatic heterocycles. The lowest BCUT2D eigenvalue weighted by molar-refractivity contribution is -0.122. The first kappa shape index (κ1) is 22.3. The van der Waals surface area contributed by atoms with Crippen molar-refractivity contribution in [2.45, 2.75) is 58.0 Å². The van der Waals surface area contributed by atoms with Crippen LogP contribution in [0.5, 0.6) is 0 Å². The number of nitrogens with one attached hydrogen (secondary N) is 1. The minimum atomic E-state index is -3.74. The van der Waals surface area contributed by atoms with Crippen LogP contribution in [0.3, 0.4) is 0 Å². The summed E-state index contributed by atoms with van der Waals surface area (Å²) < 4.78 is 39.1. The van der Waals surface area contributed by atoms with Crippen molar-refractivity contribution in [3.05, 3.63) is 65.0 Å². The minimum absolute atomic E-state index is 0.207. The van der Waals surface area contributed by atoms with Gasteiger partial charge in [0.25, 0.3) is 0 Å². The second kappa shape index (κ2) is 9.16. The first-order chi connectivity index (χ1) is 14.2. The molecule has 1 aliphatic carbocycles.